The van der Waals surface area contributed by atoms with Gasteiger partial charge in [-0.1, -0.05) is 17.8 Å². The number of ether oxygens (including phenoxy) is 2. The van der Waals surface area contributed by atoms with E-state index in [-0.39, 0.29) is 27.8 Å². The fourth-order valence-electron chi connectivity index (χ4n) is 3.79. The van der Waals surface area contributed by atoms with Crippen LogP contribution in [0.4, 0.5) is 0 Å². The van der Waals surface area contributed by atoms with Crippen LogP contribution in [0.15, 0.2) is 11.6 Å². The van der Waals surface area contributed by atoms with E-state index in [4.69, 9.17) is 9.47 Å². The first-order valence-corrected chi connectivity index (χ1v) is 7.41. The summed E-state index contributed by atoms with van der Waals surface area (Å²) in [5.41, 5.74) is 0.557. The topological polar surface area (TPSA) is 69.7 Å². The molecule has 1 saturated heterocycles. The summed E-state index contributed by atoms with van der Waals surface area (Å²) in [6.45, 7) is 1.48. The van der Waals surface area contributed by atoms with Crippen LogP contribution >= 0.6 is 11.8 Å². The number of fused-ring (bicyclic) bond motifs is 1. The van der Waals surface area contributed by atoms with Gasteiger partial charge in [0, 0.05) is 37.4 Å². The highest BCUT2D eigenvalue weighted by atomic mass is 32.2. The molecule has 3 aliphatic carbocycles. The molecule has 2 bridgehead atoms. The molecule has 5 nitrogen and oxygen atoms in total. The van der Waals surface area contributed by atoms with Gasteiger partial charge in [-0.05, 0) is 12.8 Å². The Hall–Kier alpha value is -0.980. The molecular formula is C14H16O5S. The van der Waals surface area contributed by atoms with Crippen LogP contribution < -0.4 is 0 Å². The molecule has 1 aliphatic heterocycles. The van der Waals surface area contributed by atoms with Gasteiger partial charge in [-0.3, -0.25) is 14.4 Å². The van der Waals surface area contributed by atoms with E-state index in [9.17, 15) is 14.4 Å². The summed E-state index contributed by atoms with van der Waals surface area (Å²) in [6.07, 6.45) is 2.11. The molecule has 0 N–H and O–H groups in total. The summed E-state index contributed by atoms with van der Waals surface area (Å²) in [6, 6.07) is 0. The maximum absolute atomic E-state index is 12.7. The maximum Gasteiger partial charge on any atom is 0.237 e. The van der Waals surface area contributed by atoms with E-state index < -0.39 is 17.6 Å². The number of Topliss-reactive ketones (excluding diaryl/α,β-unsaturated/α-hetero) is 2. The number of thioether (sulfide) groups is 1. The molecule has 20 heavy (non-hydrogen) atoms. The molecule has 4 atom stereocenters. The van der Waals surface area contributed by atoms with E-state index in [1.54, 1.807) is 6.08 Å². The molecule has 6 heteroatoms. The fourth-order valence-corrected chi connectivity index (χ4v) is 5.29. The van der Waals surface area contributed by atoms with E-state index in [2.05, 4.69) is 0 Å². The molecule has 4 rings (SSSR count). The lowest BCUT2D eigenvalue weighted by Gasteiger charge is -2.51. The number of hydrogen-bond donors (Lipinski definition) is 0. The Morgan fingerprint density at radius 3 is 2.55 bits per heavy atom. The molecule has 0 spiro atoms. The Morgan fingerprint density at radius 2 is 2.00 bits per heavy atom. The van der Waals surface area contributed by atoms with Crippen molar-refractivity contribution < 1.29 is 23.9 Å². The molecule has 108 valence electrons. The average Bonchev–Trinajstić information content (AvgIpc) is 2.81. The van der Waals surface area contributed by atoms with Gasteiger partial charge in [0.1, 0.15) is 0 Å². The van der Waals surface area contributed by atoms with Gasteiger partial charge >= 0.3 is 0 Å². The van der Waals surface area contributed by atoms with Gasteiger partial charge in [-0.25, -0.2) is 0 Å². The highest BCUT2D eigenvalue weighted by Crippen LogP contribution is 2.58. The molecule has 4 unspecified atom stereocenters. The minimum atomic E-state index is -1.43. The van der Waals surface area contributed by atoms with Crippen LogP contribution in [-0.4, -0.2) is 41.9 Å². The molecule has 0 radical (unpaired) electrons. The van der Waals surface area contributed by atoms with E-state index in [0.29, 0.717) is 12.0 Å². The first-order valence-electron chi connectivity index (χ1n) is 6.53. The molecule has 0 aromatic heterocycles. The second kappa shape index (κ2) is 4.51. The number of methoxy groups -OCH3 is 2. The predicted molar refractivity (Wildman–Crippen MR) is 72.0 cm³/mol. The number of carbonyl (C=O) groups is 3. The average molecular weight is 296 g/mol. The molecule has 0 aromatic rings. The second-order valence-electron chi connectivity index (χ2n) is 5.44. The van der Waals surface area contributed by atoms with E-state index in [1.165, 1.54) is 32.9 Å². The number of hydrogen-bond acceptors (Lipinski definition) is 6. The predicted octanol–water partition coefficient (Wildman–Crippen LogP) is 0.968. The van der Waals surface area contributed by atoms with Crippen molar-refractivity contribution >= 4 is 28.4 Å². The second-order valence-corrected chi connectivity index (χ2v) is 6.68. The summed E-state index contributed by atoms with van der Waals surface area (Å²) < 4.78 is 10.8. The van der Waals surface area contributed by atoms with Crippen LogP contribution in [0.3, 0.4) is 0 Å². The quantitative estimate of drug-likeness (QED) is 0.723. The van der Waals surface area contributed by atoms with E-state index in [1.807, 2.05) is 0 Å². The molecule has 0 aromatic carbocycles. The van der Waals surface area contributed by atoms with Crippen molar-refractivity contribution in [3.05, 3.63) is 11.6 Å². The lowest BCUT2D eigenvalue weighted by atomic mass is 9.60. The van der Waals surface area contributed by atoms with E-state index in [0.717, 1.165) is 0 Å². The van der Waals surface area contributed by atoms with Crippen molar-refractivity contribution in [3.63, 3.8) is 0 Å². The normalized spacial score (nSPS) is 37.9. The van der Waals surface area contributed by atoms with Crippen LogP contribution in [0.25, 0.3) is 0 Å². The fraction of sp³-hybridized carbons (Fsp3) is 0.643. The summed E-state index contributed by atoms with van der Waals surface area (Å²) in [7, 11) is 2.83. The van der Waals surface area contributed by atoms with Gasteiger partial charge in [0.2, 0.25) is 5.79 Å². The highest BCUT2D eigenvalue weighted by molar-refractivity contribution is 8.14. The van der Waals surface area contributed by atoms with Gasteiger partial charge in [0.25, 0.3) is 0 Å². The highest BCUT2D eigenvalue weighted by Gasteiger charge is 2.66. The third-order valence-corrected chi connectivity index (χ3v) is 5.97. The van der Waals surface area contributed by atoms with Gasteiger partial charge in [0.05, 0.1) is 5.92 Å². The van der Waals surface area contributed by atoms with Crippen molar-refractivity contribution in [3.8, 4) is 0 Å². The van der Waals surface area contributed by atoms with Crippen LogP contribution in [0.5, 0.6) is 0 Å². The van der Waals surface area contributed by atoms with Crippen LogP contribution in [0.2, 0.25) is 0 Å². The lowest BCUT2D eigenvalue weighted by Crippen LogP contribution is -2.65. The third kappa shape index (κ3) is 1.55. The summed E-state index contributed by atoms with van der Waals surface area (Å²) in [5.74, 6) is -2.71. The van der Waals surface area contributed by atoms with E-state index >= 15 is 0 Å². The van der Waals surface area contributed by atoms with Crippen molar-refractivity contribution in [1.82, 2.24) is 0 Å². The van der Waals surface area contributed by atoms with Gasteiger partial charge in [-0.15, -0.1) is 0 Å². The smallest absolute Gasteiger partial charge is 0.237 e. The monoisotopic (exact) mass is 296 g/mol. The Kier molecular flexibility index (Phi) is 3.15. The van der Waals surface area contributed by atoms with Gasteiger partial charge < -0.3 is 9.47 Å². The Balaban J connectivity index is 2.17. The first kappa shape index (κ1) is 14.0. The maximum atomic E-state index is 12.7. The van der Waals surface area contributed by atoms with Crippen molar-refractivity contribution in [2.24, 2.45) is 17.8 Å². The Labute approximate surface area is 121 Å². The molecule has 1 heterocycles. The third-order valence-electron chi connectivity index (χ3n) is 4.64. The summed E-state index contributed by atoms with van der Waals surface area (Å²) in [4.78, 5) is 36.3. The Bertz CT molecular complexity index is 534. The molecule has 4 aliphatic rings. The van der Waals surface area contributed by atoms with Gasteiger partial charge in [-0.2, -0.15) is 0 Å². The number of rotatable bonds is 3. The van der Waals surface area contributed by atoms with Crippen molar-refractivity contribution in [1.29, 1.82) is 0 Å². The lowest BCUT2D eigenvalue weighted by molar-refractivity contribution is -0.239. The largest absolute Gasteiger partial charge is 0.346 e. The minimum Gasteiger partial charge on any atom is -0.346 e. The van der Waals surface area contributed by atoms with Crippen molar-refractivity contribution in [2.75, 3.05) is 14.2 Å². The molecule has 0 amide bonds. The summed E-state index contributed by atoms with van der Waals surface area (Å²) in [5, 5.41) is -0.0435. The number of ketones is 2. The zero-order valence-corrected chi connectivity index (χ0v) is 12.4. The zero-order chi connectivity index (χ0) is 14.7. The Morgan fingerprint density at radius 1 is 1.35 bits per heavy atom. The van der Waals surface area contributed by atoms with Crippen LogP contribution in [0.1, 0.15) is 13.3 Å². The standard InChI is InChI=1S/C14H16O5S/c1-6(15)7-4-9-8-5-10(16)20-12(8)11(7)14(18-2,19-3)13(9)17/h4,8-9,11-12H,5H2,1-3H3. The zero-order valence-electron chi connectivity index (χ0n) is 11.5. The number of carbonyl (C=O) groups excluding carboxylic acids is 3. The minimum absolute atomic E-state index is 0.0356. The number of allylic oxidation sites excluding steroid dienone is 1. The molecule has 1 saturated carbocycles. The van der Waals surface area contributed by atoms with Crippen molar-refractivity contribution in [2.45, 2.75) is 24.4 Å². The molecular weight excluding hydrogens is 280 g/mol. The van der Waals surface area contributed by atoms with Crippen LogP contribution in [0, 0.1) is 17.8 Å². The first-order chi connectivity index (χ1) is 9.46. The summed E-state index contributed by atoms with van der Waals surface area (Å²) >= 11 is 1.22. The molecule has 2 fully saturated rings. The SMILES string of the molecule is COC1(OC)C(=O)C2C=C(C(C)=O)C1C1SC(=O)CC21. The van der Waals surface area contributed by atoms with Crippen LogP contribution in [-0.2, 0) is 23.9 Å². The van der Waals surface area contributed by atoms with Gasteiger partial charge in [0.15, 0.2) is 16.7 Å².